The summed E-state index contributed by atoms with van der Waals surface area (Å²) in [6, 6.07) is 0. The minimum Gasteiger partial charge on any atom is -0.362 e. The Morgan fingerprint density at radius 3 is 2.40 bits per heavy atom. The van der Waals surface area contributed by atoms with Gasteiger partial charge in [0.25, 0.3) is 5.71 Å². The third-order valence-corrected chi connectivity index (χ3v) is 1.62. The normalized spacial score (nSPS) is 9.00. The maximum atomic E-state index is 8.41. The smallest absolute Gasteiger partial charge is 0.268 e. The minimum absolute atomic E-state index is 0.875. The number of nitrogens with zero attached hydrogens (tertiary/aromatic N) is 2. The van der Waals surface area contributed by atoms with Crippen molar-refractivity contribution in [2.45, 2.75) is 46.0 Å². The van der Waals surface area contributed by atoms with E-state index in [0.717, 1.165) is 25.0 Å². The zero-order chi connectivity index (χ0) is 7.82. The Balaban J connectivity index is 3.37. The molecule has 58 valence electrons. The van der Waals surface area contributed by atoms with Crippen LogP contribution in [0.15, 0.2) is 0 Å². The average Bonchev–Trinajstić information content (AvgIpc) is 1.99. The highest BCUT2D eigenvalue weighted by atomic mass is 14.8. The van der Waals surface area contributed by atoms with Crippen LogP contribution in [0.2, 0.25) is 0 Å². The molecule has 0 aromatic rings. The van der Waals surface area contributed by atoms with Gasteiger partial charge in [-0.2, -0.15) is 4.79 Å². The molecule has 0 unspecified atom stereocenters. The van der Waals surface area contributed by atoms with E-state index >= 15 is 0 Å². The van der Waals surface area contributed by atoms with E-state index in [9.17, 15) is 0 Å². The quantitative estimate of drug-likeness (QED) is 0.243. The summed E-state index contributed by atoms with van der Waals surface area (Å²) in [4.78, 5) is 3.19. The molecule has 0 amide bonds. The van der Waals surface area contributed by atoms with Crippen LogP contribution in [0.3, 0.4) is 0 Å². The average molecular weight is 140 g/mol. The molecule has 0 aliphatic heterocycles. The lowest BCUT2D eigenvalue weighted by Crippen LogP contribution is -1.96. The number of hydrogen-bond donors (Lipinski definition) is 0. The molecule has 0 aromatic heterocycles. The second kappa shape index (κ2) is 6.50. The molecular formula is C8H16N2. The lowest BCUT2D eigenvalue weighted by atomic mass is 10.1. The van der Waals surface area contributed by atoms with E-state index in [4.69, 9.17) is 5.53 Å². The van der Waals surface area contributed by atoms with E-state index in [1.54, 1.807) is 0 Å². The van der Waals surface area contributed by atoms with Gasteiger partial charge in [-0.15, -0.1) is 0 Å². The molecule has 2 heteroatoms. The summed E-state index contributed by atoms with van der Waals surface area (Å²) in [5, 5.41) is 0. The largest absolute Gasteiger partial charge is 0.362 e. The van der Waals surface area contributed by atoms with Gasteiger partial charge in [-0.25, -0.2) is 0 Å². The highest BCUT2D eigenvalue weighted by molar-refractivity contribution is 5.78. The molecule has 2 nitrogen and oxygen atoms in total. The van der Waals surface area contributed by atoms with Crippen LogP contribution in [0, 0.1) is 0 Å². The van der Waals surface area contributed by atoms with Crippen molar-refractivity contribution in [2.24, 2.45) is 0 Å². The van der Waals surface area contributed by atoms with E-state index in [1.807, 2.05) is 6.92 Å². The molecule has 0 aromatic carbocycles. The Morgan fingerprint density at radius 1 is 1.30 bits per heavy atom. The fraction of sp³-hybridized carbons (Fsp3) is 0.875. The zero-order valence-electron chi connectivity index (χ0n) is 6.93. The van der Waals surface area contributed by atoms with Gasteiger partial charge in [0.2, 0.25) is 0 Å². The molecule has 0 spiro atoms. The fourth-order valence-corrected chi connectivity index (χ4v) is 0.877. The monoisotopic (exact) mass is 140 g/mol. The number of hydrogen-bond acceptors (Lipinski definition) is 0. The highest BCUT2D eigenvalue weighted by Gasteiger charge is 2.01. The summed E-state index contributed by atoms with van der Waals surface area (Å²) >= 11 is 0. The van der Waals surface area contributed by atoms with E-state index in [1.165, 1.54) is 12.8 Å². The first-order chi connectivity index (χ1) is 4.85. The van der Waals surface area contributed by atoms with Gasteiger partial charge >= 0.3 is 0 Å². The second-order valence-corrected chi connectivity index (χ2v) is 2.48. The van der Waals surface area contributed by atoms with Crippen LogP contribution in [-0.2, 0) is 0 Å². The highest BCUT2D eigenvalue weighted by Crippen LogP contribution is 2.00. The standard InChI is InChI=1S/C8H16N2/c1-3-5-6-7-8(4-2)10-9/h3-7H2,1-2H3. The first kappa shape index (κ1) is 9.38. The first-order valence-corrected chi connectivity index (χ1v) is 4.04. The van der Waals surface area contributed by atoms with Crippen LogP contribution in [0.4, 0.5) is 0 Å². The lowest BCUT2D eigenvalue weighted by Gasteiger charge is -1.91. The maximum Gasteiger partial charge on any atom is 0.268 e. The molecule has 0 aliphatic carbocycles. The maximum absolute atomic E-state index is 8.41. The second-order valence-electron chi connectivity index (χ2n) is 2.48. The molecule has 0 rings (SSSR count). The summed E-state index contributed by atoms with van der Waals surface area (Å²) in [5.74, 6) is 0. The Hall–Kier alpha value is -0.620. The van der Waals surface area contributed by atoms with Crippen molar-refractivity contribution in [1.82, 2.24) is 0 Å². The van der Waals surface area contributed by atoms with Crippen LogP contribution in [0.25, 0.3) is 5.53 Å². The molecule has 0 N–H and O–H groups in total. The van der Waals surface area contributed by atoms with Crippen molar-refractivity contribution in [3.63, 3.8) is 0 Å². The van der Waals surface area contributed by atoms with Crippen molar-refractivity contribution in [3.8, 4) is 0 Å². The van der Waals surface area contributed by atoms with Gasteiger partial charge in [0.05, 0.1) is 0 Å². The molecule has 0 saturated heterocycles. The molecular weight excluding hydrogens is 124 g/mol. The summed E-state index contributed by atoms with van der Waals surface area (Å²) in [6.45, 7) is 4.18. The Morgan fingerprint density at radius 2 is 2.00 bits per heavy atom. The summed E-state index contributed by atoms with van der Waals surface area (Å²) in [5.41, 5.74) is 9.34. The van der Waals surface area contributed by atoms with Gasteiger partial charge < -0.3 is 5.53 Å². The van der Waals surface area contributed by atoms with E-state index in [0.29, 0.717) is 0 Å². The third-order valence-electron chi connectivity index (χ3n) is 1.62. The topological polar surface area (TPSA) is 36.4 Å². The lowest BCUT2D eigenvalue weighted by molar-refractivity contribution is -0.0111. The van der Waals surface area contributed by atoms with Crippen LogP contribution < -0.4 is 0 Å². The van der Waals surface area contributed by atoms with Gasteiger partial charge in [0.1, 0.15) is 0 Å². The molecule has 0 fully saturated rings. The van der Waals surface area contributed by atoms with Gasteiger partial charge in [0.15, 0.2) is 0 Å². The fourth-order valence-electron chi connectivity index (χ4n) is 0.877. The van der Waals surface area contributed by atoms with Gasteiger partial charge in [-0.05, 0) is 6.42 Å². The molecule has 0 saturated carbocycles. The summed E-state index contributed by atoms with van der Waals surface area (Å²) in [6.07, 6.45) is 5.45. The third kappa shape index (κ3) is 4.28. The van der Waals surface area contributed by atoms with Gasteiger partial charge in [0, 0.05) is 12.8 Å². The van der Waals surface area contributed by atoms with E-state index < -0.39 is 0 Å². The number of unbranched alkanes of at least 4 members (excludes halogenated alkanes) is 2. The molecule has 0 heterocycles. The molecule has 0 atom stereocenters. The van der Waals surface area contributed by atoms with Crippen LogP contribution >= 0.6 is 0 Å². The van der Waals surface area contributed by atoms with Crippen molar-refractivity contribution in [2.75, 3.05) is 0 Å². The van der Waals surface area contributed by atoms with Crippen LogP contribution in [-0.4, -0.2) is 10.5 Å². The SMILES string of the molecule is CCCCCC(CC)=[N+]=[N-]. The van der Waals surface area contributed by atoms with Gasteiger partial charge in [-0.3, -0.25) is 0 Å². The predicted molar refractivity (Wildman–Crippen MR) is 43.1 cm³/mol. The van der Waals surface area contributed by atoms with Crippen molar-refractivity contribution in [3.05, 3.63) is 5.53 Å². The van der Waals surface area contributed by atoms with E-state index in [2.05, 4.69) is 11.7 Å². The van der Waals surface area contributed by atoms with Crippen molar-refractivity contribution in [1.29, 1.82) is 0 Å². The first-order valence-electron chi connectivity index (χ1n) is 4.04. The summed E-state index contributed by atoms with van der Waals surface area (Å²) < 4.78 is 0. The molecule has 0 bridgehead atoms. The van der Waals surface area contributed by atoms with E-state index in [-0.39, 0.29) is 0 Å². The number of rotatable bonds is 5. The Bertz CT molecular complexity index is 123. The minimum atomic E-state index is 0.875. The Labute approximate surface area is 62.9 Å². The van der Waals surface area contributed by atoms with Gasteiger partial charge in [-0.1, -0.05) is 26.7 Å². The summed E-state index contributed by atoms with van der Waals surface area (Å²) in [7, 11) is 0. The Kier molecular flexibility index (Phi) is 6.10. The van der Waals surface area contributed by atoms with Crippen LogP contribution in [0.5, 0.6) is 0 Å². The molecule has 0 aliphatic rings. The molecule has 10 heavy (non-hydrogen) atoms. The van der Waals surface area contributed by atoms with Crippen molar-refractivity contribution < 1.29 is 4.79 Å². The van der Waals surface area contributed by atoms with Crippen molar-refractivity contribution >= 4 is 5.71 Å². The predicted octanol–water partition coefficient (Wildman–Crippen LogP) is 2.65. The van der Waals surface area contributed by atoms with Crippen LogP contribution in [0.1, 0.15) is 46.0 Å². The molecule has 0 radical (unpaired) electrons. The zero-order valence-corrected chi connectivity index (χ0v) is 6.93.